The maximum absolute atomic E-state index is 12.9. The molecule has 20 heteroatoms. The van der Waals surface area contributed by atoms with E-state index in [1.54, 1.807) is 12.1 Å². The second-order valence-electron chi connectivity index (χ2n) is 10.9. The van der Waals surface area contributed by atoms with Crippen molar-refractivity contribution in [2.45, 2.75) is 37.0 Å². The summed E-state index contributed by atoms with van der Waals surface area (Å²) in [6.45, 7) is -1.87. The highest BCUT2D eigenvalue weighted by molar-refractivity contribution is 6.39. The van der Waals surface area contributed by atoms with Crippen molar-refractivity contribution in [3.63, 3.8) is 0 Å². The van der Waals surface area contributed by atoms with Gasteiger partial charge in [-0.25, -0.2) is 4.79 Å². The number of carbonyl (C=O) groups is 4. The number of nitrogens with one attached hydrogen (secondary N) is 6. The zero-order chi connectivity index (χ0) is 35.9. The highest BCUT2D eigenvalue weighted by atomic mass is 35.5. The highest BCUT2D eigenvalue weighted by Crippen LogP contribution is 2.48. The Morgan fingerprint density at radius 3 is 2.28 bits per heavy atom. The number of alkyl halides is 3. The summed E-state index contributed by atoms with van der Waals surface area (Å²) in [6, 6.07) is 10.7. The van der Waals surface area contributed by atoms with Gasteiger partial charge in [0.15, 0.2) is 6.61 Å². The smallest absolute Gasteiger partial charge is 0.422 e. The van der Waals surface area contributed by atoms with E-state index < -0.39 is 54.1 Å². The molecule has 2 heterocycles. The molecule has 7 N–H and O–H groups in total. The van der Waals surface area contributed by atoms with Crippen LogP contribution in [0.1, 0.15) is 35.2 Å². The van der Waals surface area contributed by atoms with Crippen molar-refractivity contribution >= 4 is 58.6 Å². The van der Waals surface area contributed by atoms with E-state index in [0.717, 1.165) is 5.56 Å². The Morgan fingerprint density at radius 1 is 0.960 bits per heavy atom. The molecule has 0 radical (unpaired) electrons. The third kappa shape index (κ3) is 9.78. The zero-order valence-corrected chi connectivity index (χ0v) is 26.4. The minimum absolute atomic E-state index is 0.0439. The molecule has 1 aliphatic rings. The maximum Gasteiger partial charge on any atom is 0.422 e. The number of carboxylic acids is 1. The fraction of sp³-hybridized carbons (Fsp3) is 0.267. The van der Waals surface area contributed by atoms with E-state index in [2.05, 4.69) is 51.7 Å². The molecule has 0 bridgehead atoms. The van der Waals surface area contributed by atoms with E-state index in [4.69, 9.17) is 16.3 Å². The molecule has 1 atom stereocenters. The van der Waals surface area contributed by atoms with Gasteiger partial charge in [0.2, 0.25) is 11.9 Å². The molecule has 2 aromatic heterocycles. The van der Waals surface area contributed by atoms with Crippen LogP contribution in [0.3, 0.4) is 0 Å². The number of ether oxygens (including phenoxy) is 1. The molecule has 2 aromatic carbocycles. The fourth-order valence-corrected chi connectivity index (χ4v) is 4.65. The summed E-state index contributed by atoms with van der Waals surface area (Å²) in [5.41, 5.74) is 0.969. The Bertz CT molecular complexity index is 1840. The molecule has 0 saturated heterocycles. The summed E-state index contributed by atoms with van der Waals surface area (Å²) in [7, 11) is 0. The molecule has 0 aliphatic heterocycles. The molecule has 1 saturated carbocycles. The lowest BCUT2D eigenvalue weighted by atomic mass is 10.1. The van der Waals surface area contributed by atoms with E-state index in [9.17, 15) is 37.5 Å². The minimum atomic E-state index is -4.64. The van der Waals surface area contributed by atoms with Crippen LogP contribution in [0, 0.1) is 0 Å². The summed E-state index contributed by atoms with van der Waals surface area (Å²) in [6.07, 6.45) is -0.841. The summed E-state index contributed by atoms with van der Waals surface area (Å²) >= 11 is 6.01. The van der Waals surface area contributed by atoms with Crippen LogP contribution in [0.4, 0.5) is 36.4 Å². The lowest BCUT2D eigenvalue weighted by molar-refractivity contribution is -0.154. The topological polar surface area (TPSA) is 225 Å². The standard InChI is InChI=1S/C30H28ClF3N10O6/c31-18-5-3-17(4-6-18)29(10-11-29)44-27-41-26(42-28(43-27)50-15-30(32,33)34)39-19-7-1-16(2-8-19)22(45)40-21(25(48)49)9-12-35-23(46)24(47)38-20-13-36-37-14-20/h1-8,13-14,21H,9-12,15H2,(H,35,46)(H,36,37)(H,38,47)(H,40,45)(H,48,49)(H2,39,41,42,43,44)/t21-/m0/s1. The number of aromatic nitrogens is 5. The van der Waals surface area contributed by atoms with E-state index in [0.29, 0.717) is 23.6 Å². The van der Waals surface area contributed by atoms with Gasteiger partial charge in [0.05, 0.1) is 17.4 Å². The number of rotatable bonds is 14. The molecule has 1 fully saturated rings. The van der Waals surface area contributed by atoms with Crippen molar-refractivity contribution in [3.8, 4) is 6.01 Å². The summed E-state index contributed by atoms with van der Waals surface area (Å²) in [5.74, 6) is -4.33. The highest BCUT2D eigenvalue weighted by Gasteiger charge is 2.45. The van der Waals surface area contributed by atoms with Gasteiger partial charge in [-0.3, -0.25) is 19.5 Å². The largest absolute Gasteiger partial charge is 0.480 e. The Labute approximate surface area is 285 Å². The Morgan fingerprint density at radius 2 is 1.66 bits per heavy atom. The minimum Gasteiger partial charge on any atom is -0.480 e. The lowest BCUT2D eigenvalue weighted by Crippen LogP contribution is -2.44. The number of H-pyrrole nitrogens is 1. The molecular formula is C30H28ClF3N10O6. The molecule has 4 aromatic rings. The number of hydrogen-bond donors (Lipinski definition) is 7. The molecule has 5 rings (SSSR count). The monoisotopic (exact) mass is 716 g/mol. The molecule has 3 amide bonds. The Balaban J connectivity index is 1.21. The number of aliphatic carboxylic acids is 1. The van der Waals surface area contributed by atoms with Crippen molar-refractivity contribution in [1.29, 1.82) is 0 Å². The average molecular weight is 717 g/mol. The van der Waals surface area contributed by atoms with E-state index in [-0.39, 0.29) is 36.1 Å². The van der Waals surface area contributed by atoms with E-state index >= 15 is 0 Å². The summed E-state index contributed by atoms with van der Waals surface area (Å²) in [4.78, 5) is 60.7. The molecular weight excluding hydrogens is 689 g/mol. The first-order chi connectivity index (χ1) is 23.8. The number of amides is 3. The quantitative estimate of drug-likeness (QED) is 0.0933. The summed E-state index contributed by atoms with van der Waals surface area (Å²) < 4.78 is 43.5. The van der Waals surface area contributed by atoms with Crippen molar-refractivity contribution in [1.82, 2.24) is 35.8 Å². The van der Waals surface area contributed by atoms with Crippen LogP contribution >= 0.6 is 11.6 Å². The second kappa shape index (κ2) is 15.1. The zero-order valence-electron chi connectivity index (χ0n) is 25.7. The molecule has 0 spiro atoms. The van der Waals surface area contributed by atoms with Crippen LogP contribution in [0.25, 0.3) is 0 Å². The third-order valence-electron chi connectivity index (χ3n) is 7.17. The molecule has 0 unspecified atom stereocenters. The van der Waals surface area contributed by atoms with Gasteiger partial charge in [0.25, 0.3) is 5.91 Å². The number of nitrogens with zero attached hydrogens (tertiary/aromatic N) is 4. The van der Waals surface area contributed by atoms with Gasteiger partial charge in [-0.15, -0.1) is 0 Å². The summed E-state index contributed by atoms with van der Waals surface area (Å²) in [5, 5.41) is 29.1. The van der Waals surface area contributed by atoms with Crippen LogP contribution in [-0.2, 0) is 19.9 Å². The molecule has 262 valence electrons. The number of hydrogen-bond acceptors (Lipinski definition) is 11. The van der Waals surface area contributed by atoms with E-state index in [1.165, 1.54) is 36.7 Å². The normalized spacial score (nSPS) is 13.8. The van der Waals surface area contributed by atoms with Crippen LogP contribution in [0.5, 0.6) is 6.01 Å². The van der Waals surface area contributed by atoms with Crippen molar-refractivity contribution in [2.24, 2.45) is 0 Å². The molecule has 50 heavy (non-hydrogen) atoms. The van der Waals surface area contributed by atoms with Crippen LogP contribution in [0.15, 0.2) is 60.9 Å². The number of aromatic amines is 1. The number of carboxylic acid groups (broad SMARTS) is 1. The van der Waals surface area contributed by atoms with Gasteiger partial charge >= 0.3 is 30.0 Å². The number of carbonyl (C=O) groups excluding carboxylic acids is 3. The third-order valence-corrected chi connectivity index (χ3v) is 7.42. The van der Waals surface area contributed by atoms with Crippen molar-refractivity contribution in [2.75, 3.05) is 29.1 Å². The molecule has 16 nitrogen and oxygen atoms in total. The van der Waals surface area contributed by atoms with Gasteiger partial charge in [-0.05, 0) is 61.2 Å². The van der Waals surface area contributed by atoms with Crippen LogP contribution in [0.2, 0.25) is 5.02 Å². The first-order valence-electron chi connectivity index (χ1n) is 14.8. The maximum atomic E-state index is 12.9. The number of anilines is 4. The Hall–Kier alpha value is -5.98. The average Bonchev–Trinajstić information content (AvgIpc) is 3.66. The van der Waals surface area contributed by atoms with Gasteiger partial charge in [-0.1, -0.05) is 23.7 Å². The van der Waals surface area contributed by atoms with Gasteiger partial charge in [0.1, 0.15) is 6.04 Å². The van der Waals surface area contributed by atoms with Gasteiger partial charge in [-0.2, -0.15) is 33.2 Å². The van der Waals surface area contributed by atoms with Crippen LogP contribution < -0.4 is 31.3 Å². The SMILES string of the molecule is O=C(NCC[C@H](NC(=O)c1ccc(Nc2nc(NC3(c4ccc(Cl)cc4)CC3)nc(OCC(F)(F)F)n2)cc1)C(=O)O)C(=O)Nc1cn[nH]c1. The van der Waals surface area contributed by atoms with Crippen molar-refractivity contribution < 1.29 is 42.2 Å². The first kappa shape index (κ1) is 35.3. The predicted octanol–water partition coefficient (Wildman–Crippen LogP) is 3.36. The van der Waals surface area contributed by atoms with Crippen LogP contribution in [-0.4, -0.2) is 79.3 Å². The lowest BCUT2D eigenvalue weighted by Gasteiger charge is -2.19. The predicted molar refractivity (Wildman–Crippen MR) is 171 cm³/mol. The Kier molecular flexibility index (Phi) is 10.6. The van der Waals surface area contributed by atoms with Crippen molar-refractivity contribution in [3.05, 3.63) is 77.1 Å². The fourth-order valence-electron chi connectivity index (χ4n) is 4.52. The second-order valence-corrected chi connectivity index (χ2v) is 11.4. The molecule has 1 aliphatic carbocycles. The van der Waals surface area contributed by atoms with Gasteiger partial charge in [0, 0.05) is 29.0 Å². The number of benzene rings is 2. The first-order valence-corrected chi connectivity index (χ1v) is 15.1. The number of halogens is 4. The van der Waals surface area contributed by atoms with E-state index in [1.807, 2.05) is 12.1 Å². The van der Waals surface area contributed by atoms with Gasteiger partial charge < -0.3 is 36.4 Å².